The molecule has 0 bridgehead atoms. The summed E-state index contributed by atoms with van der Waals surface area (Å²) in [6, 6.07) is 5.36. The van der Waals surface area contributed by atoms with Gasteiger partial charge in [0, 0.05) is 19.2 Å². The number of methoxy groups -OCH3 is 2. The maximum atomic E-state index is 10.4. The number of nitrogens with one attached hydrogen (secondary N) is 2. The Labute approximate surface area is 162 Å². The average molecular weight is 451 g/mol. The van der Waals surface area contributed by atoms with E-state index in [-0.39, 0.29) is 30.5 Å². The molecule has 0 saturated heterocycles. The zero-order valence-corrected chi connectivity index (χ0v) is 17.3. The first-order valence-corrected chi connectivity index (χ1v) is 8.07. The van der Waals surface area contributed by atoms with Gasteiger partial charge in [-0.25, -0.2) is 0 Å². The summed E-state index contributed by atoms with van der Waals surface area (Å²) < 4.78 is 10.5. The van der Waals surface area contributed by atoms with Crippen LogP contribution >= 0.6 is 24.0 Å². The Morgan fingerprint density at radius 2 is 1.75 bits per heavy atom. The van der Waals surface area contributed by atoms with Crippen LogP contribution in [0.5, 0.6) is 11.5 Å². The molecule has 0 fully saturated rings. The molecule has 0 aromatic heterocycles. The number of unbranched alkanes of at least 4 members (excludes halogenated alkanes) is 1. The van der Waals surface area contributed by atoms with Gasteiger partial charge in [0.25, 0.3) is 0 Å². The highest BCUT2D eigenvalue weighted by Crippen LogP contribution is 2.26. The fraction of sp³-hybridized carbons (Fsp3) is 0.588. The van der Waals surface area contributed by atoms with Crippen LogP contribution in [0.4, 0.5) is 0 Å². The topological polar surface area (TPSA) is 75.1 Å². The molecule has 0 amide bonds. The Bertz CT molecular complexity index is 476. The van der Waals surface area contributed by atoms with E-state index in [9.17, 15) is 5.11 Å². The number of aliphatic hydroxyl groups is 1. The van der Waals surface area contributed by atoms with Crippen molar-refractivity contribution >= 4 is 29.9 Å². The highest BCUT2D eigenvalue weighted by atomic mass is 127. The van der Waals surface area contributed by atoms with E-state index < -0.39 is 6.10 Å². The molecule has 0 saturated carbocycles. The first-order chi connectivity index (χ1) is 11.1. The Balaban J connectivity index is 0.00000529. The second kappa shape index (κ2) is 13.1. The molecule has 0 heterocycles. The van der Waals surface area contributed by atoms with Crippen molar-refractivity contribution in [1.29, 1.82) is 0 Å². The van der Waals surface area contributed by atoms with Crippen LogP contribution in [-0.2, 0) is 0 Å². The van der Waals surface area contributed by atoms with Crippen LogP contribution in [0, 0.1) is 0 Å². The fourth-order valence-electron chi connectivity index (χ4n) is 2.03. The summed E-state index contributed by atoms with van der Waals surface area (Å²) in [5, 5.41) is 16.8. The third-order valence-electron chi connectivity index (χ3n) is 3.35. The number of hydrogen-bond acceptors (Lipinski definition) is 4. The molecular formula is C17H30IN3O3. The van der Waals surface area contributed by atoms with Crippen molar-refractivity contribution in [2.24, 2.45) is 4.99 Å². The number of benzene rings is 1. The molecule has 7 heteroatoms. The van der Waals surface area contributed by atoms with Crippen molar-refractivity contribution in [1.82, 2.24) is 10.6 Å². The summed E-state index contributed by atoms with van der Waals surface area (Å²) in [5.41, 5.74) is 0.717. The highest BCUT2D eigenvalue weighted by Gasteiger charge is 2.11. The predicted octanol–water partition coefficient (Wildman–Crippen LogP) is 2.71. The van der Waals surface area contributed by atoms with Crippen LogP contribution in [0.25, 0.3) is 0 Å². The van der Waals surface area contributed by atoms with E-state index in [4.69, 9.17) is 9.47 Å². The fourth-order valence-corrected chi connectivity index (χ4v) is 2.03. The summed E-state index contributed by atoms with van der Waals surface area (Å²) in [5.74, 6) is 2.01. The summed E-state index contributed by atoms with van der Waals surface area (Å²) >= 11 is 0. The van der Waals surface area contributed by atoms with Gasteiger partial charge in [-0.3, -0.25) is 4.99 Å². The maximum absolute atomic E-state index is 10.4. The highest BCUT2D eigenvalue weighted by molar-refractivity contribution is 14.0. The first kappa shape index (κ1) is 22.8. The molecule has 0 spiro atoms. The normalized spacial score (nSPS) is 12.1. The van der Waals surface area contributed by atoms with Crippen LogP contribution in [0.2, 0.25) is 0 Å². The first-order valence-electron chi connectivity index (χ1n) is 8.07. The van der Waals surface area contributed by atoms with Gasteiger partial charge in [0.15, 0.2) is 5.96 Å². The molecule has 0 aliphatic carbocycles. The van der Waals surface area contributed by atoms with Crippen LogP contribution in [0.15, 0.2) is 23.2 Å². The van der Waals surface area contributed by atoms with Crippen molar-refractivity contribution in [2.75, 3.05) is 33.9 Å². The molecule has 24 heavy (non-hydrogen) atoms. The summed E-state index contributed by atoms with van der Waals surface area (Å²) in [4.78, 5) is 4.44. The Hall–Kier alpha value is -1.22. The van der Waals surface area contributed by atoms with E-state index in [0.29, 0.717) is 17.1 Å². The lowest BCUT2D eigenvalue weighted by molar-refractivity contribution is 0.186. The van der Waals surface area contributed by atoms with Crippen molar-refractivity contribution in [3.8, 4) is 11.5 Å². The van der Waals surface area contributed by atoms with Gasteiger partial charge < -0.3 is 25.2 Å². The zero-order chi connectivity index (χ0) is 17.1. The molecule has 0 radical (unpaired) electrons. The Kier molecular flexibility index (Phi) is 12.4. The van der Waals surface area contributed by atoms with Crippen LogP contribution in [0.1, 0.15) is 38.4 Å². The van der Waals surface area contributed by atoms with Crippen LogP contribution in [-0.4, -0.2) is 44.9 Å². The zero-order valence-electron chi connectivity index (χ0n) is 15.0. The largest absolute Gasteiger partial charge is 0.497 e. The second-order valence-electron chi connectivity index (χ2n) is 5.16. The van der Waals surface area contributed by atoms with E-state index in [1.807, 2.05) is 6.92 Å². The minimum atomic E-state index is -0.722. The average Bonchev–Trinajstić information content (AvgIpc) is 2.58. The van der Waals surface area contributed by atoms with E-state index in [1.54, 1.807) is 32.4 Å². The van der Waals surface area contributed by atoms with Crippen molar-refractivity contribution in [3.63, 3.8) is 0 Å². The number of rotatable bonds is 9. The lowest BCUT2D eigenvalue weighted by atomic mass is 10.1. The predicted molar refractivity (Wildman–Crippen MR) is 109 cm³/mol. The van der Waals surface area contributed by atoms with Gasteiger partial charge in [0.05, 0.1) is 26.9 Å². The van der Waals surface area contributed by atoms with E-state index in [2.05, 4.69) is 22.5 Å². The quantitative estimate of drug-likeness (QED) is 0.233. The molecule has 1 unspecified atom stereocenters. The van der Waals surface area contributed by atoms with Crippen molar-refractivity contribution in [2.45, 2.75) is 32.8 Å². The minimum Gasteiger partial charge on any atom is -0.497 e. The summed E-state index contributed by atoms with van der Waals surface area (Å²) in [6.45, 7) is 6.07. The number of aliphatic imine (C=N–C) groups is 1. The van der Waals surface area contributed by atoms with E-state index in [0.717, 1.165) is 31.9 Å². The monoisotopic (exact) mass is 451 g/mol. The third-order valence-corrected chi connectivity index (χ3v) is 3.35. The Morgan fingerprint density at radius 1 is 1.12 bits per heavy atom. The molecule has 1 aromatic rings. The number of hydrogen-bond donors (Lipinski definition) is 3. The van der Waals surface area contributed by atoms with E-state index in [1.165, 1.54) is 0 Å². The third kappa shape index (κ3) is 8.05. The van der Waals surface area contributed by atoms with Gasteiger partial charge >= 0.3 is 0 Å². The SMILES string of the molecule is CCCCNC(=NCC(O)c1cc(OC)cc(OC)c1)NCC.I. The van der Waals surface area contributed by atoms with Gasteiger partial charge in [0.1, 0.15) is 11.5 Å². The number of aliphatic hydroxyl groups excluding tert-OH is 1. The molecule has 6 nitrogen and oxygen atoms in total. The van der Waals surface area contributed by atoms with Gasteiger partial charge in [0.2, 0.25) is 0 Å². The van der Waals surface area contributed by atoms with Gasteiger partial charge in [-0.05, 0) is 31.0 Å². The lowest BCUT2D eigenvalue weighted by Crippen LogP contribution is -2.38. The van der Waals surface area contributed by atoms with Gasteiger partial charge in [-0.15, -0.1) is 24.0 Å². The standard InChI is InChI=1S/C17H29N3O3.HI/c1-5-7-8-19-17(18-6-2)20-12-16(21)13-9-14(22-3)11-15(10-13)23-4;/h9-11,16,21H,5-8,12H2,1-4H3,(H2,18,19,20);1H. The lowest BCUT2D eigenvalue weighted by Gasteiger charge is -2.14. The molecule has 1 aromatic carbocycles. The molecule has 0 aliphatic heterocycles. The molecular weight excluding hydrogens is 421 g/mol. The van der Waals surface area contributed by atoms with Crippen LogP contribution in [0.3, 0.4) is 0 Å². The molecule has 138 valence electrons. The molecule has 1 atom stereocenters. The number of ether oxygens (including phenoxy) is 2. The molecule has 0 aliphatic rings. The number of halogens is 1. The number of nitrogens with zero attached hydrogens (tertiary/aromatic N) is 1. The summed E-state index contributed by atoms with van der Waals surface area (Å²) in [6.07, 6.45) is 1.49. The Morgan fingerprint density at radius 3 is 2.25 bits per heavy atom. The second-order valence-corrected chi connectivity index (χ2v) is 5.16. The smallest absolute Gasteiger partial charge is 0.191 e. The van der Waals surface area contributed by atoms with Gasteiger partial charge in [-0.1, -0.05) is 13.3 Å². The van der Waals surface area contributed by atoms with Crippen molar-refractivity contribution < 1.29 is 14.6 Å². The maximum Gasteiger partial charge on any atom is 0.191 e. The molecule has 1 rings (SSSR count). The summed E-state index contributed by atoms with van der Waals surface area (Å²) in [7, 11) is 3.17. The van der Waals surface area contributed by atoms with E-state index >= 15 is 0 Å². The molecule has 3 N–H and O–H groups in total. The van der Waals surface area contributed by atoms with Crippen LogP contribution < -0.4 is 20.1 Å². The van der Waals surface area contributed by atoms with Crippen molar-refractivity contribution in [3.05, 3.63) is 23.8 Å². The number of guanidine groups is 1. The minimum absolute atomic E-state index is 0. The van der Waals surface area contributed by atoms with Gasteiger partial charge in [-0.2, -0.15) is 0 Å².